The normalized spacial score (nSPS) is 34.6. The Labute approximate surface area is 126 Å². The van der Waals surface area contributed by atoms with E-state index in [2.05, 4.69) is 15.4 Å². The molecule has 22 heavy (non-hydrogen) atoms. The largest absolute Gasteiger partial charge is 0.388 e. The van der Waals surface area contributed by atoms with Crippen molar-refractivity contribution in [3.05, 3.63) is 18.1 Å². The second-order valence-electron chi connectivity index (χ2n) is 5.77. The van der Waals surface area contributed by atoms with Crippen LogP contribution in [0.2, 0.25) is 0 Å². The molecule has 0 aliphatic carbocycles. The van der Waals surface area contributed by atoms with E-state index in [1.165, 1.54) is 6.33 Å². The van der Waals surface area contributed by atoms with Crippen molar-refractivity contribution >= 4 is 16.9 Å². The molecule has 1 fully saturated rings. The number of rotatable bonds is 1. The summed E-state index contributed by atoms with van der Waals surface area (Å²) in [6.45, 7) is 1.72. The third-order valence-corrected chi connectivity index (χ3v) is 4.36. The molecule has 0 bridgehead atoms. The van der Waals surface area contributed by atoms with Gasteiger partial charge in [0.05, 0.1) is 11.5 Å². The van der Waals surface area contributed by atoms with Gasteiger partial charge in [-0.15, -0.1) is 0 Å². The lowest BCUT2D eigenvalue weighted by atomic mass is 10.1. The molecule has 0 saturated carbocycles. The van der Waals surface area contributed by atoms with Crippen LogP contribution >= 0.6 is 0 Å². The van der Waals surface area contributed by atoms with E-state index in [9.17, 15) is 10.2 Å². The highest BCUT2D eigenvalue weighted by Crippen LogP contribution is 2.38. The minimum Gasteiger partial charge on any atom is -0.388 e. The fourth-order valence-electron chi connectivity index (χ4n) is 3.18. The van der Waals surface area contributed by atoms with E-state index in [0.29, 0.717) is 11.5 Å². The molecule has 2 aliphatic rings. The minimum absolute atomic E-state index is 0.409. The number of anilines is 1. The average Bonchev–Trinajstić information content (AvgIpc) is 2.99. The van der Waals surface area contributed by atoms with Gasteiger partial charge in [-0.1, -0.05) is 0 Å². The van der Waals surface area contributed by atoms with E-state index < -0.39 is 30.7 Å². The lowest BCUT2D eigenvalue weighted by molar-refractivity contribution is -0.0297. The van der Waals surface area contributed by atoms with Crippen LogP contribution < -0.4 is 16.2 Å². The lowest BCUT2D eigenvalue weighted by Gasteiger charge is -2.28. The molecule has 9 heteroatoms. The van der Waals surface area contributed by atoms with Gasteiger partial charge < -0.3 is 25.3 Å². The quantitative estimate of drug-likeness (QED) is 0.528. The third-order valence-electron chi connectivity index (χ3n) is 4.36. The van der Waals surface area contributed by atoms with Crippen LogP contribution in [0, 0.1) is 0 Å². The Hall–Kier alpha value is -1.78. The molecule has 2 unspecified atom stereocenters. The van der Waals surface area contributed by atoms with E-state index in [0.717, 1.165) is 10.9 Å². The van der Waals surface area contributed by atoms with Gasteiger partial charge in [0.25, 0.3) is 0 Å². The number of hydrogen-bond acceptors (Lipinski definition) is 8. The Morgan fingerprint density at radius 1 is 1.32 bits per heavy atom. The molecule has 1 saturated heterocycles. The van der Waals surface area contributed by atoms with Crippen molar-refractivity contribution < 1.29 is 14.9 Å². The molecule has 118 valence electrons. The maximum atomic E-state index is 10.2. The van der Waals surface area contributed by atoms with Crippen molar-refractivity contribution in [1.29, 1.82) is 0 Å². The van der Waals surface area contributed by atoms with Gasteiger partial charge in [0.15, 0.2) is 12.0 Å². The predicted molar refractivity (Wildman–Crippen MR) is 77.6 cm³/mol. The Morgan fingerprint density at radius 2 is 2.09 bits per heavy atom. The van der Waals surface area contributed by atoms with Crippen LogP contribution in [0.5, 0.6) is 0 Å². The minimum atomic E-state index is -1.03. The topological polar surface area (TPSA) is 122 Å². The molecule has 2 aromatic rings. The zero-order chi connectivity index (χ0) is 15.6. The number of hydrazine groups is 1. The number of nitrogens with one attached hydrogen (secondary N) is 1. The van der Waals surface area contributed by atoms with Gasteiger partial charge in [-0.3, -0.25) is 5.01 Å². The van der Waals surface area contributed by atoms with Crippen LogP contribution in [0.25, 0.3) is 11.0 Å². The van der Waals surface area contributed by atoms with Crippen LogP contribution in [-0.4, -0.2) is 50.1 Å². The molecule has 5 N–H and O–H groups in total. The standard InChI is InChI=1S/C13H18N6O3/c1-5-8(20)9(21)13(22-5)19-3-6-7-11(15-4-16-12(7)19)18(2)17-10(6)14/h3-5,8-10,13,17,20-21H,14H2,1-2H3/t5-,8+,9?,10?,13-/m1/s1. The first-order chi connectivity index (χ1) is 10.5. The summed E-state index contributed by atoms with van der Waals surface area (Å²) in [7, 11) is 1.83. The first-order valence-electron chi connectivity index (χ1n) is 7.11. The van der Waals surface area contributed by atoms with Crippen molar-refractivity contribution in [2.75, 3.05) is 12.1 Å². The smallest absolute Gasteiger partial charge is 0.164 e. The summed E-state index contributed by atoms with van der Waals surface area (Å²) >= 11 is 0. The number of aliphatic hydroxyl groups is 2. The molecule has 9 nitrogen and oxygen atoms in total. The number of nitrogens with two attached hydrogens (primary N) is 1. The molecule has 0 amide bonds. The van der Waals surface area contributed by atoms with E-state index in [1.807, 2.05) is 7.05 Å². The van der Waals surface area contributed by atoms with Crippen LogP contribution in [0.4, 0.5) is 5.82 Å². The molecule has 0 radical (unpaired) electrons. The molecule has 0 spiro atoms. The van der Waals surface area contributed by atoms with Crippen molar-refractivity contribution in [2.24, 2.45) is 5.73 Å². The Bertz CT molecular complexity index is 734. The summed E-state index contributed by atoms with van der Waals surface area (Å²) in [5, 5.41) is 22.7. The first-order valence-corrected chi connectivity index (χ1v) is 7.11. The third kappa shape index (κ3) is 1.71. The predicted octanol–water partition coefficient (Wildman–Crippen LogP) is -1.02. The second kappa shape index (κ2) is 4.61. The highest BCUT2D eigenvalue weighted by Gasteiger charge is 2.42. The highest BCUT2D eigenvalue weighted by atomic mass is 16.6. The lowest BCUT2D eigenvalue weighted by Crippen LogP contribution is -2.44. The SMILES string of the molecule is C[C@H]1O[C@@H](n2cc3c4c(ncnc42)N(C)NC3N)C(O)[C@H]1O. The van der Waals surface area contributed by atoms with Gasteiger partial charge in [-0.05, 0) is 6.92 Å². The average molecular weight is 306 g/mol. The summed E-state index contributed by atoms with van der Waals surface area (Å²) in [4.78, 5) is 8.58. The highest BCUT2D eigenvalue weighted by molar-refractivity contribution is 5.92. The van der Waals surface area contributed by atoms with E-state index >= 15 is 0 Å². The van der Waals surface area contributed by atoms with Gasteiger partial charge >= 0.3 is 0 Å². The fraction of sp³-hybridized carbons (Fsp3) is 0.538. The summed E-state index contributed by atoms with van der Waals surface area (Å²) < 4.78 is 7.40. The summed E-state index contributed by atoms with van der Waals surface area (Å²) in [5.41, 5.74) is 10.7. The number of nitrogens with zero attached hydrogens (tertiary/aromatic N) is 4. The molecule has 0 aromatic carbocycles. The summed E-state index contributed by atoms with van der Waals surface area (Å²) in [5.74, 6) is 0.710. The van der Waals surface area contributed by atoms with Crippen LogP contribution in [-0.2, 0) is 4.74 Å². The molecular weight excluding hydrogens is 288 g/mol. The van der Waals surface area contributed by atoms with E-state index in [1.54, 1.807) is 22.7 Å². The second-order valence-corrected chi connectivity index (χ2v) is 5.77. The monoisotopic (exact) mass is 306 g/mol. The van der Waals surface area contributed by atoms with Gasteiger partial charge in [-0.25, -0.2) is 15.4 Å². The zero-order valence-corrected chi connectivity index (χ0v) is 12.2. The van der Waals surface area contributed by atoms with Crippen LogP contribution in [0.3, 0.4) is 0 Å². The van der Waals surface area contributed by atoms with Gasteiger partial charge in [-0.2, -0.15) is 0 Å². The Kier molecular flexibility index (Phi) is 2.90. The van der Waals surface area contributed by atoms with Crippen LogP contribution in [0.1, 0.15) is 24.9 Å². The number of hydrogen-bond donors (Lipinski definition) is 4. The maximum absolute atomic E-state index is 10.2. The molecular formula is C13H18N6O3. The van der Waals surface area contributed by atoms with Crippen LogP contribution in [0.15, 0.2) is 12.5 Å². The van der Waals surface area contributed by atoms with E-state index in [4.69, 9.17) is 10.5 Å². The van der Waals surface area contributed by atoms with Gasteiger partial charge in [0.2, 0.25) is 0 Å². The maximum Gasteiger partial charge on any atom is 0.164 e. The number of aromatic nitrogens is 3. The molecule has 2 aromatic heterocycles. The molecule has 2 aliphatic heterocycles. The fourth-order valence-corrected chi connectivity index (χ4v) is 3.18. The van der Waals surface area contributed by atoms with Crippen molar-refractivity contribution in [2.45, 2.75) is 37.6 Å². The molecule has 5 atom stereocenters. The zero-order valence-electron chi connectivity index (χ0n) is 12.2. The van der Waals surface area contributed by atoms with Crippen molar-refractivity contribution in [3.63, 3.8) is 0 Å². The van der Waals surface area contributed by atoms with Gasteiger partial charge in [0, 0.05) is 18.8 Å². The molecule has 4 rings (SSSR count). The number of aliphatic hydroxyl groups excluding tert-OH is 2. The Morgan fingerprint density at radius 3 is 2.77 bits per heavy atom. The van der Waals surface area contributed by atoms with Gasteiger partial charge in [0.1, 0.15) is 30.3 Å². The van der Waals surface area contributed by atoms with Crippen molar-refractivity contribution in [3.8, 4) is 0 Å². The Balaban J connectivity index is 1.91. The summed E-state index contributed by atoms with van der Waals surface area (Å²) in [6.07, 6.45) is -0.291. The number of ether oxygens (including phenoxy) is 1. The first kappa shape index (κ1) is 13.9. The van der Waals surface area contributed by atoms with E-state index in [-0.39, 0.29) is 0 Å². The van der Waals surface area contributed by atoms with Crippen molar-refractivity contribution in [1.82, 2.24) is 20.0 Å². The molecule has 4 heterocycles. The summed E-state index contributed by atoms with van der Waals surface area (Å²) in [6, 6.07) is 0.